The topological polar surface area (TPSA) is 52.0 Å². The highest BCUT2D eigenvalue weighted by atomic mass is 79.9. The average Bonchev–Trinajstić information content (AvgIpc) is 2.87. The molecule has 0 unspecified atom stereocenters. The fourth-order valence-electron chi connectivity index (χ4n) is 2.19. The Morgan fingerprint density at radius 2 is 1.76 bits per heavy atom. The number of imidazole rings is 1. The van der Waals surface area contributed by atoms with E-state index in [0.717, 1.165) is 11.1 Å². The van der Waals surface area contributed by atoms with E-state index >= 15 is 0 Å². The van der Waals surface area contributed by atoms with Crippen LogP contribution in [-0.2, 0) is 10.0 Å². The normalized spacial score (nSPS) is 12.0. The smallest absolute Gasteiger partial charge is 0.236 e. The summed E-state index contributed by atoms with van der Waals surface area (Å²) in [5.74, 6) is 0. The van der Waals surface area contributed by atoms with Gasteiger partial charge in [0, 0.05) is 4.47 Å². The Labute approximate surface area is 131 Å². The summed E-state index contributed by atoms with van der Waals surface area (Å²) in [7, 11) is -3.68. The highest BCUT2D eigenvalue weighted by Crippen LogP contribution is 2.29. The lowest BCUT2D eigenvalue weighted by Gasteiger charge is -2.11. The minimum atomic E-state index is -3.68. The molecular formula is C15H13BrN2O2S. The Morgan fingerprint density at radius 3 is 2.52 bits per heavy atom. The van der Waals surface area contributed by atoms with E-state index in [1.54, 1.807) is 24.3 Å². The van der Waals surface area contributed by atoms with E-state index in [4.69, 9.17) is 0 Å². The lowest BCUT2D eigenvalue weighted by atomic mass is 10.1. The van der Waals surface area contributed by atoms with Crippen molar-refractivity contribution in [1.29, 1.82) is 0 Å². The van der Waals surface area contributed by atoms with Crippen LogP contribution in [0.2, 0.25) is 0 Å². The predicted octanol–water partition coefficient (Wildman–Crippen LogP) is 3.65. The van der Waals surface area contributed by atoms with Crippen LogP contribution in [0.3, 0.4) is 0 Å². The third kappa shape index (κ3) is 2.28. The van der Waals surface area contributed by atoms with E-state index in [-0.39, 0.29) is 4.90 Å². The van der Waals surface area contributed by atoms with Gasteiger partial charge in [0.15, 0.2) is 0 Å². The third-order valence-corrected chi connectivity index (χ3v) is 6.13. The Bertz CT molecular complexity index is 945. The van der Waals surface area contributed by atoms with Crippen molar-refractivity contribution in [2.24, 2.45) is 0 Å². The lowest BCUT2D eigenvalue weighted by Crippen LogP contribution is -2.13. The molecule has 1 heterocycles. The molecule has 0 N–H and O–H groups in total. The van der Waals surface area contributed by atoms with E-state index in [9.17, 15) is 8.42 Å². The van der Waals surface area contributed by atoms with Crippen LogP contribution in [-0.4, -0.2) is 17.4 Å². The van der Waals surface area contributed by atoms with Crippen LogP contribution >= 0.6 is 15.9 Å². The zero-order valence-electron chi connectivity index (χ0n) is 11.5. The summed E-state index contributed by atoms with van der Waals surface area (Å²) < 4.78 is 27.6. The molecule has 0 atom stereocenters. The minimum absolute atomic E-state index is 0.244. The maximum atomic E-state index is 12.9. The van der Waals surface area contributed by atoms with Gasteiger partial charge in [-0.2, -0.15) is 0 Å². The Kier molecular flexibility index (Phi) is 3.37. The number of hydrogen-bond donors (Lipinski definition) is 0. The molecule has 3 rings (SSSR count). The van der Waals surface area contributed by atoms with Crippen LogP contribution in [0.15, 0.2) is 52.1 Å². The first-order valence-corrected chi connectivity index (χ1v) is 8.59. The lowest BCUT2D eigenvalue weighted by molar-refractivity contribution is 0.588. The molecule has 108 valence electrons. The van der Waals surface area contributed by atoms with Gasteiger partial charge in [-0.1, -0.05) is 12.1 Å². The van der Waals surface area contributed by atoms with Crippen LogP contribution in [0.4, 0.5) is 0 Å². The third-order valence-electron chi connectivity index (χ3n) is 3.51. The number of aromatic nitrogens is 2. The van der Waals surface area contributed by atoms with Crippen molar-refractivity contribution in [3.05, 3.63) is 58.3 Å². The van der Waals surface area contributed by atoms with Crippen molar-refractivity contribution in [3.63, 3.8) is 0 Å². The molecule has 0 aliphatic heterocycles. The highest BCUT2D eigenvalue weighted by Gasteiger charge is 2.22. The zero-order chi connectivity index (χ0) is 15.2. The molecule has 21 heavy (non-hydrogen) atoms. The van der Waals surface area contributed by atoms with Crippen LogP contribution in [0.1, 0.15) is 11.1 Å². The second-order valence-corrected chi connectivity index (χ2v) is 7.54. The monoisotopic (exact) mass is 364 g/mol. The second kappa shape index (κ2) is 4.96. The van der Waals surface area contributed by atoms with Gasteiger partial charge >= 0.3 is 0 Å². The average molecular weight is 365 g/mol. The number of para-hydroxylation sites is 2. The molecule has 0 saturated heterocycles. The molecule has 0 radical (unpaired) electrons. The van der Waals surface area contributed by atoms with Crippen molar-refractivity contribution < 1.29 is 8.42 Å². The fraction of sp³-hybridized carbons (Fsp3) is 0.133. The van der Waals surface area contributed by atoms with Crippen molar-refractivity contribution in [1.82, 2.24) is 8.96 Å². The number of hydrogen-bond acceptors (Lipinski definition) is 3. The van der Waals surface area contributed by atoms with Gasteiger partial charge in [-0.15, -0.1) is 0 Å². The maximum Gasteiger partial charge on any atom is 0.270 e. The Balaban J connectivity index is 2.29. The Hall–Kier alpha value is -1.66. The summed E-state index contributed by atoms with van der Waals surface area (Å²) in [5, 5.41) is 0. The standard InChI is InChI=1S/C15H13BrN2O2S/c1-10-7-12(16)15(8-11(10)2)21(19,20)18-9-17-13-5-3-4-6-14(13)18/h3-9H,1-2H3. The molecule has 2 aromatic carbocycles. The highest BCUT2D eigenvalue weighted by molar-refractivity contribution is 9.10. The van der Waals surface area contributed by atoms with E-state index < -0.39 is 10.0 Å². The molecular weight excluding hydrogens is 352 g/mol. The molecule has 0 aliphatic rings. The number of fused-ring (bicyclic) bond motifs is 1. The molecule has 0 bridgehead atoms. The molecule has 0 spiro atoms. The van der Waals surface area contributed by atoms with Gasteiger partial charge in [-0.3, -0.25) is 0 Å². The SMILES string of the molecule is Cc1cc(Br)c(S(=O)(=O)n2cnc3ccccc32)cc1C. The maximum absolute atomic E-state index is 12.9. The van der Waals surface area contributed by atoms with Gasteiger partial charge in [0.2, 0.25) is 0 Å². The van der Waals surface area contributed by atoms with Crippen LogP contribution < -0.4 is 0 Å². The van der Waals surface area contributed by atoms with Gasteiger partial charge in [-0.25, -0.2) is 17.4 Å². The van der Waals surface area contributed by atoms with E-state index in [0.29, 0.717) is 15.5 Å². The van der Waals surface area contributed by atoms with Crippen LogP contribution in [0.5, 0.6) is 0 Å². The number of rotatable bonds is 2. The van der Waals surface area contributed by atoms with E-state index in [1.807, 2.05) is 26.0 Å². The second-order valence-electron chi connectivity index (χ2n) is 4.90. The van der Waals surface area contributed by atoms with Crippen molar-refractivity contribution in [2.45, 2.75) is 18.7 Å². The van der Waals surface area contributed by atoms with Crippen LogP contribution in [0.25, 0.3) is 11.0 Å². The quantitative estimate of drug-likeness (QED) is 0.697. The number of nitrogens with zero attached hydrogens (tertiary/aromatic N) is 2. The van der Waals surface area contributed by atoms with Crippen molar-refractivity contribution in [3.8, 4) is 0 Å². The fourth-order valence-corrected chi connectivity index (χ4v) is 4.69. The summed E-state index contributed by atoms with van der Waals surface area (Å²) in [5.41, 5.74) is 3.20. The van der Waals surface area contributed by atoms with Crippen LogP contribution in [0, 0.1) is 13.8 Å². The first-order chi connectivity index (χ1) is 9.91. The van der Waals surface area contributed by atoms with Gasteiger partial charge in [-0.05, 0) is 65.2 Å². The van der Waals surface area contributed by atoms with Gasteiger partial charge < -0.3 is 0 Å². The molecule has 4 nitrogen and oxygen atoms in total. The summed E-state index contributed by atoms with van der Waals surface area (Å²) in [6.45, 7) is 3.84. The first-order valence-electron chi connectivity index (χ1n) is 6.35. The minimum Gasteiger partial charge on any atom is -0.236 e. The number of halogens is 1. The molecule has 0 aliphatic carbocycles. The summed E-state index contributed by atoms with van der Waals surface area (Å²) in [6.07, 6.45) is 1.35. The largest absolute Gasteiger partial charge is 0.270 e. The van der Waals surface area contributed by atoms with Gasteiger partial charge in [0.1, 0.15) is 11.2 Å². The summed E-state index contributed by atoms with van der Waals surface area (Å²) in [6, 6.07) is 10.7. The Morgan fingerprint density at radius 1 is 1.10 bits per heavy atom. The summed E-state index contributed by atoms with van der Waals surface area (Å²) in [4.78, 5) is 4.39. The van der Waals surface area contributed by atoms with Gasteiger partial charge in [0.05, 0.1) is 11.0 Å². The number of benzene rings is 2. The van der Waals surface area contributed by atoms with Crippen molar-refractivity contribution >= 4 is 37.0 Å². The molecule has 0 saturated carbocycles. The molecule has 0 fully saturated rings. The zero-order valence-corrected chi connectivity index (χ0v) is 13.9. The predicted molar refractivity (Wildman–Crippen MR) is 85.9 cm³/mol. The molecule has 3 aromatic rings. The molecule has 1 aromatic heterocycles. The summed E-state index contributed by atoms with van der Waals surface area (Å²) >= 11 is 3.35. The van der Waals surface area contributed by atoms with E-state index in [2.05, 4.69) is 20.9 Å². The van der Waals surface area contributed by atoms with E-state index in [1.165, 1.54) is 10.3 Å². The molecule has 0 amide bonds. The van der Waals surface area contributed by atoms with Crippen molar-refractivity contribution in [2.75, 3.05) is 0 Å². The van der Waals surface area contributed by atoms with Gasteiger partial charge in [0.25, 0.3) is 10.0 Å². The molecule has 6 heteroatoms. The number of aryl methyl sites for hydroxylation is 2. The first kappa shape index (κ1) is 14.3.